The number of aryl methyl sites for hydroxylation is 1. The Morgan fingerprint density at radius 1 is 1.36 bits per heavy atom. The van der Waals surface area contributed by atoms with Crippen LogP contribution in [0.4, 0.5) is 5.69 Å². The van der Waals surface area contributed by atoms with E-state index in [-0.39, 0.29) is 0 Å². The van der Waals surface area contributed by atoms with Crippen LogP contribution in [-0.4, -0.2) is 37.8 Å². The number of piperidine rings is 1. The standard InChI is InChI=1S/C21H27N3O/c1-3-16-4-5-19-18(12-16)21-20(13-23-19)25-11-10-24(21)14-15(2)17-6-8-22-9-7-17/h4-5,12-13,17,22H,2-3,6-11,14H2,1H3. The number of benzene rings is 1. The van der Waals surface area contributed by atoms with E-state index in [2.05, 4.69) is 46.9 Å². The molecule has 4 heteroatoms. The van der Waals surface area contributed by atoms with Crippen LogP contribution in [0.15, 0.2) is 36.5 Å². The van der Waals surface area contributed by atoms with E-state index in [0.29, 0.717) is 12.5 Å². The van der Waals surface area contributed by atoms with Gasteiger partial charge in [0.25, 0.3) is 0 Å². The van der Waals surface area contributed by atoms with Crippen molar-refractivity contribution in [3.8, 4) is 5.75 Å². The molecule has 1 aromatic heterocycles. The van der Waals surface area contributed by atoms with Crippen LogP contribution in [0.25, 0.3) is 10.9 Å². The fourth-order valence-corrected chi connectivity index (χ4v) is 4.00. The van der Waals surface area contributed by atoms with Crippen LogP contribution in [0, 0.1) is 5.92 Å². The summed E-state index contributed by atoms with van der Waals surface area (Å²) < 4.78 is 5.92. The molecule has 4 nitrogen and oxygen atoms in total. The molecule has 0 atom stereocenters. The van der Waals surface area contributed by atoms with Gasteiger partial charge in [-0.25, -0.2) is 0 Å². The smallest absolute Gasteiger partial charge is 0.161 e. The molecular formula is C21H27N3O. The highest BCUT2D eigenvalue weighted by Gasteiger charge is 2.24. The highest BCUT2D eigenvalue weighted by atomic mass is 16.5. The SMILES string of the molecule is C=C(CN1CCOc2cnc3ccc(CC)cc3c21)C1CCNCC1. The average Bonchev–Trinajstić information content (AvgIpc) is 2.68. The van der Waals surface area contributed by atoms with Crippen LogP contribution < -0.4 is 15.0 Å². The maximum Gasteiger partial charge on any atom is 0.161 e. The van der Waals surface area contributed by atoms with Gasteiger partial charge in [0.05, 0.1) is 23.9 Å². The summed E-state index contributed by atoms with van der Waals surface area (Å²) in [6.45, 7) is 11.4. The van der Waals surface area contributed by atoms with Crippen molar-refractivity contribution in [2.75, 3.05) is 37.7 Å². The molecule has 0 bridgehead atoms. The van der Waals surface area contributed by atoms with Crippen molar-refractivity contribution < 1.29 is 4.74 Å². The molecule has 0 amide bonds. The van der Waals surface area contributed by atoms with Crippen molar-refractivity contribution in [1.29, 1.82) is 0 Å². The second kappa shape index (κ2) is 7.04. The first-order valence-corrected chi connectivity index (χ1v) is 9.44. The molecule has 132 valence electrons. The number of fused-ring (bicyclic) bond motifs is 3. The van der Waals surface area contributed by atoms with Crippen molar-refractivity contribution in [3.05, 3.63) is 42.1 Å². The molecule has 2 aliphatic rings. The minimum atomic E-state index is 0.631. The van der Waals surface area contributed by atoms with E-state index in [4.69, 9.17) is 4.74 Å². The molecule has 0 radical (unpaired) electrons. The number of nitrogens with zero attached hydrogens (tertiary/aromatic N) is 2. The van der Waals surface area contributed by atoms with E-state index in [1.165, 1.54) is 35.1 Å². The lowest BCUT2D eigenvalue weighted by molar-refractivity contribution is 0.307. The summed E-state index contributed by atoms with van der Waals surface area (Å²) in [7, 11) is 0. The number of aromatic nitrogens is 1. The number of pyridine rings is 1. The summed E-state index contributed by atoms with van der Waals surface area (Å²) in [6, 6.07) is 6.57. The summed E-state index contributed by atoms with van der Waals surface area (Å²) in [5.41, 5.74) is 4.93. The maximum atomic E-state index is 5.92. The van der Waals surface area contributed by atoms with E-state index in [1.54, 1.807) is 0 Å². The van der Waals surface area contributed by atoms with Crippen molar-refractivity contribution in [2.24, 2.45) is 5.92 Å². The van der Waals surface area contributed by atoms with E-state index in [9.17, 15) is 0 Å². The first kappa shape index (κ1) is 16.4. The zero-order valence-electron chi connectivity index (χ0n) is 15.1. The van der Waals surface area contributed by atoms with Gasteiger partial charge >= 0.3 is 0 Å². The monoisotopic (exact) mass is 337 g/mol. The Bertz CT molecular complexity index is 775. The summed E-state index contributed by atoms with van der Waals surface area (Å²) in [5, 5.41) is 4.65. The number of nitrogens with one attached hydrogen (secondary N) is 1. The van der Waals surface area contributed by atoms with Crippen molar-refractivity contribution >= 4 is 16.6 Å². The second-order valence-corrected chi connectivity index (χ2v) is 7.13. The molecule has 1 fully saturated rings. The average molecular weight is 337 g/mol. The summed E-state index contributed by atoms with van der Waals surface area (Å²) in [6.07, 6.45) is 5.31. The van der Waals surface area contributed by atoms with Crippen LogP contribution in [0.5, 0.6) is 5.75 Å². The molecule has 3 heterocycles. The summed E-state index contributed by atoms with van der Waals surface area (Å²) >= 11 is 0. The lowest BCUT2D eigenvalue weighted by Gasteiger charge is -2.35. The zero-order chi connectivity index (χ0) is 17.2. The Labute approximate surface area is 149 Å². The minimum absolute atomic E-state index is 0.631. The predicted octanol–water partition coefficient (Wildman–Crippen LogP) is 3.55. The van der Waals surface area contributed by atoms with Gasteiger partial charge in [-0.2, -0.15) is 0 Å². The first-order chi connectivity index (χ1) is 12.3. The Balaban J connectivity index is 1.67. The Morgan fingerprint density at radius 3 is 3.00 bits per heavy atom. The normalized spacial score (nSPS) is 18.0. The van der Waals surface area contributed by atoms with E-state index in [0.717, 1.165) is 43.9 Å². The predicted molar refractivity (Wildman–Crippen MR) is 104 cm³/mol. The van der Waals surface area contributed by atoms with Crippen molar-refractivity contribution in [2.45, 2.75) is 26.2 Å². The number of anilines is 1. The number of hydrogen-bond acceptors (Lipinski definition) is 4. The van der Waals surface area contributed by atoms with Crippen LogP contribution in [0.2, 0.25) is 0 Å². The number of ether oxygens (including phenoxy) is 1. The number of rotatable bonds is 4. The molecule has 0 saturated carbocycles. The number of hydrogen-bond donors (Lipinski definition) is 1. The minimum Gasteiger partial charge on any atom is -0.488 e. The highest BCUT2D eigenvalue weighted by Crippen LogP contribution is 2.38. The molecule has 1 aromatic carbocycles. The van der Waals surface area contributed by atoms with Crippen LogP contribution in [0.3, 0.4) is 0 Å². The quantitative estimate of drug-likeness (QED) is 0.866. The van der Waals surface area contributed by atoms with Gasteiger partial charge in [0.1, 0.15) is 6.61 Å². The Hall–Kier alpha value is -2.07. The molecule has 0 spiro atoms. The first-order valence-electron chi connectivity index (χ1n) is 9.44. The fraction of sp³-hybridized carbons (Fsp3) is 0.476. The fourth-order valence-electron chi connectivity index (χ4n) is 4.00. The van der Waals surface area contributed by atoms with Gasteiger partial charge in [-0.15, -0.1) is 0 Å². The van der Waals surface area contributed by atoms with Crippen molar-refractivity contribution in [3.63, 3.8) is 0 Å². The lowest BCUT2D eigenvalue weighted by atomic mass is 9.90. The van der Waals surface area contributed by atoms with Gasteiger partial charge in [-0.3, -0.25) is 4.98 Å². The molecule has 0 unspecified atom stereocenters. The van der Waals surface area contributed by atoms with E-state index < -0.39 is 0 Å². The molecule has 1 saturated heterocycles. The van der Waals surface area contributed by atoms with E-state index in [1.807, 2.05) is 6.20 Å². The van der Waals surface area contributed by atoms with E-state index >= 15 is 0 Å². The van der Waals surface area contributed by atoms with Gasteiger partial charge in [-0.1, -0.05) is 25.1 Å². The van der Waals surface area contributed by atoms with Gasteiger partial charge in [0, 0.05) is 11.9 Å². The third kappa shape index (κ3) is 3.23. The summed E-state index contributed by atoms with van der Waals surface area (Å²) in [5.74, 6) is 1.54. The third-order valence-electron chi connectivity index (χ3n) is 5.52. The van der Waals surface area contributed by atoms with Gasteiger partial charge in [0.15, 0.2) is 5.75 Å². The van der Waals surface area contributed by atoms with Gasteiger partial charge in [-0.05, 0) is 56.0 Å². The lowest BCUT2D eigenvalue weighted by Crippen LogP contribution is -2.37. The Kier molecular flexibility index (Phi) is 4.62. The largest absolute Gasteiger partial charge is 0.488 e. The topological polar surface area (TPSA) is 37.4 Å². The summed E-state index contributed by atoms with van der Waals surface area (Å²) in [4.78, 5) is 7.04. The van der Waals surface area contributed by atoms with Crippen LogP contribution in [-0.2, 0) is 6.42 Å². The van der Waals surface area contributed by atoms with Crippen molar-refractivity contribution in [1.82, 2.24) is 10.3 Å². The third-order valence-corrected chi connectivity index (χ3v) is 5.52. The zero-order valence-corrected chi connectivity index (χ0v) is 15.1. The van der Waals surface area contributed by atoms with Gasteiger partial charge in [0.2, 0.25) is 0 Å². The maximum absolute atomic E-state index is 5.92. The molecular weight excluding hydrogens is 310 g/mol. The molecule has 1 N–H and O–H groups in total. The molecule has 4 rings (SSSR count). The Morgan fingerprint density at radius 2 is 2.20 bits per heavy atom. The van der Waals surface area contributed by atoms with Gasteiger partial charge < -0.3 is 15.0 Å². The molecule has 0 aliphatic carbocycles. The van der Waals surface area contributed by atoms with Crippen LogP contribution >= 0.6 is 0 Å². The van der Waals surface area contributed by atoms with Crippen LogP contribution in [0.1, 0.15) is 25.3 Å². The molecule has 2 aliphatic heterocycles. The molecule has 2 aromatic rings. The second-order valence-electron chi connectivity index (χ2n) is 7.13. The highest BCUT2D eigenvalue weighted by molar-refractivity contribution is 5.95. The molecule has 25 heavy (non-hydrogen) atoms.